The number of nitrogens with zero attached hydrogens (tertiary/aromatic N) is 2. The van der Waals surface area contributed by atoms with Crippen LogP contribution >= 0.6 is 24.8 Å². The van der Waals surface area contributed by atoms with Crippen LogP contribution in [0.3, 0.4) is 0 Å². The Hall–Kier alpha value is -2.40. The summed E-state index contributed by atoms with van der Waals surface area (Å²) in [6, 6.07) is 20.9. The van der Waals surface area contributed by atoms with Gasteiger partial charge in [0.1, 0.15) is 0 Å². The van der Waals surface area contributed by atoms with Crippen LogP contribution in [0.25, 0.3) is 11.1 Å². The highest BCUT2D eigenvalue weighted by Gasteiger charge is 2.26. The maximum atomic E-state index is 12.8. The highest BCUT2D eigenvalue weighted by molar-refractivity contribution is 5.95. The second-order valence-corrected chi connectivity index (χ2v) is 8.46. The van der Waals surface area contributed by atoms with Crippen molar-refractivity contribution in [2.24, 2.45) is 5.73 Å². The zero-order valence-electron chi connectivity index (χ0n) is 19.2. The Morgan fingerprint density at radius 3 is 2.24 bits per heavy atom. The van der Waals surface area contributed by atoms with Gasteiger partial charge in [0.2, 0.25) is 0 Å². The number of nitrogens with two attached hydrogens (primary N) is 1. The van der Waals surface area contributed by atoms with Gasteiger partial charge in [-0.05, 0) is 72.6 Å². The van der Waals surface area contributed by atoms with E-state index in [4.69, 9.17) is 5.73 Å². The van der Waals surface area contributed by atoms with E-state index in [1.54, 1.807) is 6.20 Å². The smallest absolute Gasteiger partial charge is 0.255 e. The summed E-state index contributed by atoms with van der Waals surface area (Å²) in [7, 11) is 0. The van der Waals surface area contributed by atoms with Gasteiger partial charge in [0, 0.05) is 25.3 Å². The first-order valence-corrected chi connectivity index (χ1v) is 11.3. The molecule has 1 unspecified atom stereocenters. The average Bonchev–Trinajstić information content (AvgIpc) is 3.43. The fraction of sp³-hybridized carbons (Fsp3) is 0.333. The lowest BCUT2D eigenvalue weighted by Gasteiger charge is -2.33. The molecule has 2 aliphatic carbocycles. The molecule has 1 aromatic carbocycles. The number of carbonyl (C=O) groups is 1. The number of aromatic nitrogens is 1. The quantitative estimate of drug-likeness (QED) is 0.374. The number of piperidine rings is 1. The molecule has 1 aromatic heterocycles. The maximum absolute atomic E-state index is 12.8. The second kappa shape index (κ2) is 12.2. The van der Waals surface area contributed by atoms with Crippen molar-refractivity contribution in [2.75, 3.05) is 13.1 Å². The Morgan fingerprint density at radius 2 is 1.70 bits per heavy atom. The lowest BCUT2D eigenvalue weighted by atomic mass is 9.87. The number of pyridine rings is 1. The number of rotatable bonds is 4. The highest BCUT2D eigenvalue weighted by atomic mass is 35.5. The molecule has 1 saturated heterocycles. The van der Waals surface area contributed by atoms with E-state index >= 15 is 0 Å². The van der Waals surface area contributed by atoms with Crippen LogP contribution in [-0.4, -0.2) is 28.9 Å². The molecule has 6 heteroatoms. The molecule has 2 heterocycles. The van der Waals surface area contributed by atoms with Crippen molar-refractivity contribution >= 4 is 30.7 Å². The van der Waals surface area contributed by atoms with Crippen LogP contribution in [0.1, 0.15) is 65.8 Å². The molecule has 4 nitrogen and oxygen atoms in total. The summed E-state index contributed by atoms with van der Waals surface area (Å²) in [5.74, 6) is 0.620. The fourth-order valence-corrected chi connectivity index (χ4v) is 4.27. The molecule has 1 fully saturated rings. The first-order chi connectivity index (χ1) is 15.1. The standard InChI is InChI=1S/C21H27N3O.C6H4.2ClH/c1-3-20-19(8-5-11-23-20)21(25)24-12-9-16(10-13-24)18-7-4-6-17(14-18)15(2)22;1-2-5-4-6(5)3-1;;/h4-8,11,14-16H,3,9-10,12-13,22H2,1-2H3;1-4H;2*1H. The van der Waals surface area contributed by atoms with Crippen LogP contribution in [0.4, 0.5) is 0 Å². The average molecular weight is 486 g/mol. The summed E-state index contributed by atoms with van der Waals surface area (Å²) in [6.07, 6.45) is 4.53. The van der Waals surface area contributed by atoms with E-state index in [0.717, 1.165) is 43.6 Å². The summed E-state index contributed by atoms with van der Waals surface area (Å²) in [5.41, 5.74) is 13.0. The number of amides is 1. The van der Waals surface area contributed by atoms with E-state index in [9.17, 15) is 4.79 Å². The van der Waals surface area contributed by atoms with Gasteiger partial charge in [-0.3, -0.25) is 9.78 Å². The highest BCUT2D eigenvalue weighted by Crippen LogP contribution is 2.33. The molecule has 0 saturated carbocycles. The summed E-state index contributed by atoms with van der Waals surface area (Å²) < 4.78 is 0. The van der Waals surface area contributed by atoms with Crippen molar-refractivity contribution in [3.8, 4) is 11.1 Å². The molecule has 0 bridgehead atoms. The Morgan fingerprint density at radius 1 is 1.03 bits per heavy atom. The largest absolute Gasteiger partial charge is 0.339 e. The second-order valence-electron chi connectivity index (χ2n) is 8.46. The van der Waals surface area contributed by atoms with E-state index in [1.165, 1.54) is 22.3 Å². The number of aryl methyl sites for hydroxylation is 1. The van der Waals surface area contributed by atoms with Crippen molar-refractivity contribution in [3.63, 3.8) is 0 Å². The number of benzene rings is 2. The van der Waals surface area contributed by atoms with Gasteiger partial charge < -0.3 is 10.6 Å². The maximum Gasteiger partial charge on any atom is 0.255 e. The zero-order valence-corrected chi connectivity index (χ0v) is 20.9. The minimum atomic E-state index is 0. The monoisotopic (exact) mass is 485 g/mol. The van der Waals surface area contributed by atoms with E-state index in [2.05, 4.69) is 53.5 Å². The van der Waals surface area contributed by atoms with Crippen LogP contribution in [0.2, 0.25) is 0 Å². The van der Waals surface area contributed by atoms with Crippen molar-refractivity contribution < 1.29 is 4.79 Å². The van der Waals surface area contributed by atoms with Crippen LogP contribution in [-0.2, 0) is 6.42 Å². The van der Waals surface area contributed by atoms with Gasteiger partial charge >= 0.3 is 0 Å². The van der Waals surface area contributed by atoms with E-state index in [-0.39, 0.29) is 36.8 Å². The molecule has 1 atom stereocenters. The molecule has 176 valence electrons. The predicted molar refractivity (Wildman–Crippen MR) is 140 cm³/mol. The van der Waals surface area contributed by atoms with Crippen LogP contribution in [0.15, 0.2) is 66.9 Å². The first-order valence-electron chi connectivity index (χ1n) is 11.3. The lowest BCUT2D eigenvalue weighted by molar-refractivity contribution is 0.0711. The molecule has 2 aromatic rings. The van der Waals surface area contributed by atoms with Gasteiger partial charge in [-0.1, -0.05) is 49.4 Å². The number of fused-ring (bicyclic) bond motifs is 1. The van der Waals surface area contributed by atoms with E-state index < -0.39 is 0 Å². The number of hydrogen-bond donors (Lipinski definition) is 1. The topological polar surface area (TPSA) is 59.2 Å². The minimum Gasteiger partial charge on any atom is -0.339 e. The number of carbonyl (C=O) groups excluding carboxylic acids is 1. The van der Waals surface area contributed by atoms with E-state index in [0.29, 0.717) is 5.92 Å². The van der Waals surface area contributed by atoms with Gasteiger partial charge in [-0.15, -0.1) is 24.8 Å². The van der Waals surface area contributed by atoms with E-state index in [1.807, 2.05) is 30.9 Å². The van der Waals surface area contributed by atoms with Gasteiger partial charge in [-0.25, -0.2) is 0 Å². The zero-order chi connectivity index (χ0) is 21.8. The van der Waals surface area contributed by atoms with Gasteiger partial charge in [0.25, 0.3) is 5.91 Å². The van der Waals surface area contributed by atoms with Crippen LogP contribution in [0, 0.1) is 0 Å². The lowest BCUT2D eigenvalue weighted by Crippen LogP contribution is -2.38. The molecule has 0 radical (unpaired) electrons. The summed E-state index contributed by atoms with van der Waals surface area (Å²) >= 11 is 0. The molecule has 2 N–H and O–H groups in total. The van der Waals surface area contributed by atoms with Gasteiger partial charge in [0.15, 0.2) is 0 Å². The third kappa shape index (κ3) is 6.57. The third-order valence-corrected chi connectivity index (χ3v) is 6.26. The molecular formula is C27H33Cl2N3O. The van der Waals surface area contributed by atoms with Crippen LogP contribution < -0.4 is 5.73 Å². The number of likely N-dealkylation sites (tertiary alicyclic amines) is 1. The molecule has 1 amide bonds. The normalized spacial score (nSPS) is 14.7. The summed E-state index contributed by atoms with van der Waals surface area (Å²) in [4.78, 5) is 19.2. The summed E-state index contributed by atoms with van der Waals surface area (Å²) in [5, 5.41) is 0. The Balaban J connectivity index is 0.000000412. The Bertz CT molecular complexity index is 1050. The summed E-state index contributed by atoms with van der Waals surface area (Å²) in [6.45, 7) is 5.64. The third-order valence-electron chi connectivity index (χ3n) is 6.26. The molecule has 33 heavy (non-hydrogen) atoms. The number of halogens is 2. The SMILES string of the molecule is CCc1ncccc1C(=O)N1CCC(c2cccc(C(C)N)c2)CC1.Cl.Cl.c1cc2cc-2c1. The van der Waals surface area contributed by atoms with Crippen molar-refractivity contribution in [3.05, 3.63) is 89.2 Å². The predicted octanol–water partition coefficient (Wildman–Crippen LogP) is 6.19. The molecule has 1 aliphatic heterocycles. The first kappa shape index (κ1) is 26.8. The fourth-order valence-electron chi connectivity index (χ4n) is 4.27. The van der Waals surface area contributed by atoms with Gasteiger partial charge in [0.05, 0.1) is 11.3 Å². The Labute approximate surface area is 209 Å². The molecule has 5 rings (SSSR count). The molecular weight excluding hydrogens is 453 g/mol. The Kier molecular flexibility index (Phi) is 9.90. The van der Waals surface area contributed by atoms with Crippen molar-refractivity contribution in [2.45, 2.75) is 45.1 Å². The van der Waals surface area contributed by atoms with Crippen molar-refractivity contribution in [1.82, 2.24) is 9.88 Å². The molecule has 0 spiro atoms. The minimum absolute atomic E-state index is 0. The molecule has 3 aliphatic rings. The number of hydrogen-bond acceptors (Lipinski definition) is 3. The van der Waals surface area contributed by atoms with Crippen molar-refractivity contribution in [1.29, 1.82) is 0 Å². The van der Waals surface area contributed by atoms with Crippen LogP contribution in [0.5, 0.6) is 0 Å². The van der Waals surface area contributed by atoms with Gasteiger partial charge in [-0.2, -0.15) is 0 Å².